The highest BCUT2D eigenvalue weighted by atomic mass is 127. The number of halogens is 1. The Hall–Kier alpha value is 0.0900. The lowest BCUT2D eigenvalue weighted by atomic mass is 10.3. The van der Waals surface area contributed by atoms with E-state index in [9.17, 15) is 4.79 Å². The van der Waals surface area contributed by atoms with Gasteiger partial charge in [0.2, 0.25) is 5.91 Å². The van der Waals surface area contributed by atoms with E-state index in [1.54, 1.807) is 4.90 Å². The Labute approximate surface area is 97.6 Å². The highest BCUT2D eigenvalue weighted by Gasteiger charge is 2.33. The number of hydrogen-bond donors (Lipinski definition) is 0. The molecule has 0 aromatic rings. The normalized spacial score (nSPS) is 17.8. The molecule has 1 rings (SSSR count). The van der Waals surface area contributed by atoms with Crippen molar-refractivity contribution in [3.63, 3.8) is 0 Å². The third kappa shape index (κ3) is 2.31. The van der Waals surface area contributed by atoms with Crippen LogP contribution in [0.4, 0.5) is 0 Å². The van der Waals surface area contributed by atoms with Crippen LogP contribution < -0.4 is 0 Å². The van der Waals surface area contributed by atoms with Crippen molar-refractivity contribution in [2.45, 2.75) is 19.9 Å². The zero-order chi connectivity index (χ0) is 10.0. The highest BCUT2D eigenvalue weighted by Crippen LogP contribution is 2.13. The van der Waals surface area contributed by atoms with Gasteiger partial charge in [0.15, 0.2) is 5.11 Å². The van der Waals surface area contributed by atoms with E-state index in [4.69, 9.17) is 12.2 Å². The zero-order valence-corrected chi connectivity index (χ0v) is 10.8. The quantitative estimate of drug-likeness (QED) is 0.445. The molecule has 0 saturated carbocycles. The fourth-order valence-electron chi connectivity index (χ4n) is 1.35. The van der Waals surface area contributed by atoms with E-state index in [1.165, 1.54) is 0 Å². The summed E-state index contributed by atoms with van der Waals surface area (Å²) < 4.78 is 0.997. The number of carbonyl (C=O) groups excluding carboxylic acids is 1. The first kappa shape index (κ1) is 11.2. The summed E-state index contributed by atoms with van der Waals surface area (Å²) in [5.41, 5.74) is 0. The lowest BCUT2D eigenvalue weighted by Gasteiger charge is -2.22. The molecule has 5 heteroatoms. The maximum absolute atomic E-state index is 11.5. The minimum atomic E-state index is 0.129. The first-order chi connectivity index (χ1) is 6.07. The van der Waals surface area contributed by atoms with Gasteiger partial charge in [0.25, 0.3) is 0 Å². The Morgan fingerprint density at radius 1 is 1.62 bits per heavy atom. The van der Waals surface area contributed by atoms with E-state index in [-0.39, 0.29) is 11.9 Å². The third-order valence-corrected chi connectivity index (χ3v) is 2.88. The molecule has 0 unspecified atom stereocenters. The van der Waals surface area contributed by atoms with E-state index in [1.807, 2.05) is 18.7 Å². The summed E-state index contributed by atoms with van der Waals surface area (Å²) in [6, 6.07) is 0.180. The number of amides is 1. The van der Waals surface area contributed by atoms with Crippen molar-refractivity contribution in [3.05, 3.63) is 0 Å². The lowest BCUT2D eigenvalue weighted by molar-refractivity contribution is -0.126. The predicted octanol–water partition coefficient (Wildman–Crippen LogP) is 1.26. The van der Waals surface area contributed by atoms with E-state index in [0.29, 0.717) is 11.7 Å². The Bertz CT molecular complexity index is 232. The molecular formula is C8H13IN2OS. The van der Waals surface area contributed by atoms with Gasteiger partial charge in [0.05, 0.1) is 6.54 Å². The molecule has 0 N–H and O–H groups in total. The summed E-state index contributed by atoms with van der Waals surface area (Å²) in [6.45, 7) is 5.30. The Morgan fingerprint density at radius 3 is 2.62 bits per heavy atom. The SMILES string of the molecule is CC(C)N1C(=O)CN(CCI)C1=S. The largest absolute Gasteiger partial charge is 0.339 e. The van der Waals surface area contributed by atoms with Gasteiger partial charge < -0.3 is 4.90 Å². The summed E-state index contributed by atoms with van der Waals surface area (Å²) >= 11 is 7.50. The third-order valence-electron chi connectivity index (χ3n) is 1.94. The number of hydrogen-bond acceptors (Lipinski definition) is 2. The summed E-state index contributed by atoms with van der Waals surface area (Å²) in [7, 11) is 0. The van der Waals surface area contributed by atoms with Crippen LogP contribution in [0.25, 0.3) is 0 Å². The van der Waals surface area contributed by atoms with Crippen molar-refractivity contribution in [3.8, 4) is 0 Å². The lowest BCUT2D eigenvalue weighted by Crippen LogP contribution is -2.38. The van der Waals surface area contributed by atoms with Gasteiger partial charge in [-0.1, -0.05) is 22.6 Å². The fourth-order valence-corrected chi connectivity index (χ4v) is 2.40. The molecule has 0 spiro atoms. The summed E-state index contributed by atoms with van der Waals surface area (Å²) in [5.74, 6) is 0.129. The second-order valence-electron chi connectivity index (χ2n) is 3.25. The average Bonchev–Trinajstić information content (AvgIpc) is 2.28. The first-order valence-electron chi connectivity index (χ1n) is 4.25. The molecular weight excluding hydrogens is 299 g/mol. The van der Waals surface area contributed by atoms with E-state index in [2.05, 4.69) is 22.6 Å². The maximum Gasteiger partial charge on any atom is 0.248 e. The molecule has 0 aliphatic carbocycles. The van der Waals surface area contributed by atoms with E-state index in [0.717, 1.165) is 11.0 Å². The van der Waals surface area contributed by atoms with Crippen molar-refractivity contribution < 1.29 is 4.79 Å². The number of thiocarbonyl (C=S) groups is 1. The molecule has 1 saturated heterocycles. The van der Waals surface area contributed by atoms with Crippen LogP contribution in [0.15, 0.2) is 0 Å². The number of rotatable bonds is 3. The van der Waals surface area contributed by atoms with Crippen molar-refractivity contribution in [2.24, 2.45) is 0 Å². The first-order valence-corrected chi connectivity index (χ1v) is 6.18. The second-order valence-corrected chi connectivity index (χ2v) is 4.69. The minimum absolute atomic E-state index is 0.129. The molecule has 3 nitrogen and oxygen atoms in total. The Balaban J connectivity index is 2.70. The van der Waals surface area contributed by atoms with E-state index < -0.39 is 0 Å². The van der Waals surface area contributed by atoms with Gasteiger partial charge in [0.1, 0.15) is 0 Å². The van der Waals surface area contributed by atoms with Crippen LogP contribution in [0.3, 0.4) is 0 Å². The smallest absolute Gasteiger partial charge is 0.248 e. The van der Waals surface area contributed by atoms with Gasteiger partial charge in [-0.2, -0.15) is 0 Å². The summed E-state index contributed by atoms with van der Waals surface area (Å²) in [4.78, 5) is 15.2. The van der Waals surface area contributed by atoms with Gasteiger partial charge in [-0.15, -0.1) is 0 Å². The van der Waals surface area contributed by atoms with Crippen LogP contribution in [0.2, 0.25) is 0 Å². The van der Waals surface area contributed by atoms with Crippen molar-refractivity contribution in [1.29, 1.82) is 0 Å². The van der Waals surface area contributed by atoms with Crippen molar-refractivity contribution in [1.82, 2.24) is 9.80 Å². The van der Waals surface area contributed by atoms with Gasteiger partial charge in [-0.25, -0.2) is 0 Å². The van der Waals surface area contributed by atoms with Crippen LogP contribution in [0.5, 0.6) is 0 Å². The van der Waals surface area contributed by atoms with Crippen molar-refractivity contribution in [2.75, 3.05) is 17.5 Å². The van der Waals surface area contributed by atoms with E-state index >= 15 is 0 Å². The van der Waals surface area contributed by atoms with Crippen LogP contribution in [-0.4, -0.2) is 44.4 Å². The topological polar surface area (TPSA) is 23.6 Å². The summed E-state index contributed by atoms with van der Waals surface area (Å²) in [6.07, 6.45) is 0. The molecule has 74 valence electrons. The van der Waals surface area contributed by atoms with Crippen molar-refractivity contribution >= 4 is 45.8 Å². The molecule has 0 atom stereocenters. The molecule has 0 radical (unpaired) electrons. The van der Waals surface area contributed by atoms with Crippen LogP contribution in [0.1, 0.15) is 13.8 Å². The molecule has 0 aromatic carbocycles. The van der Waals surface area contributed by atoms with Gasteiger partial charge in [0, 0.05) is 17.0 Å². The molecule has 1 aliphatic heterocycles. The minimum Gasteiger partial charge on any atom is -0.339 e. The number of carbonyl (C=O) groups is 1. The van der Waals surface area contributed by atoms with Crippen LogP contribution in [0, 0.1) is 0 Å². The number of alkyl halides is 1. The molecule has 13 heavy (non-hydrogen) atoms. The Morgan fingerprint density at radius 2 is 2.23 bits per heavy atom. The summed E-state index contributed by atoms with van der Waals surface area (Å²) in [5, 5.41) is 0.691. The second kappa shape index (κ2) is 4.54. The van der Waals surface area contributed by atoms with Crippen LogP contribution >= 0.6 is 34.8 Å². The Kier molecular flexibility index (Phi) is 3.90. The van der Waals surface area contributed by atoms with Gasteiger partial charge in [-0.05, 0) is 26.1 Å². The maximum atomic E-state index is 11.5. The predicted molar refractivity (Wildman–Crippen MR) is 65.0 cm³/mol. The highest BCUT2D eigenvalue weighted by molar-refractivity contribution is 14.1. The van der Waals surface area contributed by atoms with Gasteiger partial charge >= 0.3 is 0 Å². The zero-order valence-electron chi connectivity index (χ0n) is 7.79. The van der Waals surface area contributed by atoms with Gasteiger partial charge in [-0.3, -0.25) is 9.69 Å². The molecule has 1 heterocycles. The molecule has 1 fully saturated rings. The molecule has 0 bridgehead atoms. The molecule has 0 aromatic heterocycles. The molecule has 1 aliphatic rings. The standard InChI is InChI=1S/C8H13IN2OS/c1-6(2)11-7(12)5-10(4-3-9)8(11)13/h6H,3-5H2,1-2H3. The monoisotopic (exact) mass is 312 g/mol. The van der Waals surface area contributed by atoms with Crippen LogP contribution in [-0.2, 0) is 4.79 Å². The molecule has 1 amide bonds. The number of nitrogens with zero attached hydrogens (tertiary/aromatic N) is 2. The fraction of sp³-hybridized carbons (Fsp3) is 0.750. The average molecular weight is 312 g/mol.